The van der Waals surface area contributed by atoms with Gasteiger partial charge in [0.05, 0.1) is 11.2 Å². The van der Waals surface area contributed by atoms with E-state index in [0.717, 1.165) is 29.9 Å². The lowest BCUT2D eigenvalue weighted by Gasteiger charge is -2.40. The van der Waals surface area contributed by atoms with Crippen molar-refractivity contribution < 1.29 is 9.90 Å². The first-order valence-electron chi connectivity index (χ1n) is 8.30. The van der Waals surface area contributed by atoms with E-state index < -0.39 is 5.97 Å². The summed E-state index contributed by atoms with van der Waals surface area (Å²) in [6, 6.07) is 7.90. The minimum Gasteiger partial charge on any atom is -0.476 e. The Bertz CT molecular complexity index is 976. The van der Waals surface area contributed by atoms with Gasteiger partial charge in [-0.25, -0.2) is 4.79 Å². The minimum absolute atomic E-state index is 0.0737. The number of aromatic nitrogens is 3. The number of aromatic amines is 1. The largest absolute Gasteiger partial charge is 0.476 e. The molecule has 1 saturated heterocycles. The Balaban J connectivity index is 1.76. The number of carbonyl (C=O) groups is 1. The molecule has 0 aliphatic carbocycles. The van der Waals surface area contributed by atoms with Crippen molar-refractivity contribution in [1.29, 1.82) is 0 Å². The molecule has 1 fully saturated rings. The number of nitrogens with zero attached hydrogens (tertiary/aromatic N) is 3. The zero-order valence-electron chi connectivity index (χ0n) is 13.4. The van der Waals surface area contributed by atoms with Crippen molar-refractivity contribution >= 4 is 22.7 Å². The summed E-state index contributed by atoms with van der Waals surface area (Å²) >= 11 is 0. The summed E-state index contributed by atoms with van der Waals surface area (Å²) in [5.41, 5.74) is 4.42. The summed E-state index contributed by atoms with van der Waals surface area (Å²) in [4.78, 5) is 17.3. The Morgan fingerprint density at radius 1 is 1.33 bits per heavy atom. The van der Waals surface area contributed by atoms with Gasteiger partial charge in [0.1, 0.15) is 5.82 Å². The predicted octanol–water partition coefficient (Wildman–Crippen LogP) is 2.96. The lowest BCUT2D eigenvalue weighted by Crippen LogP contribution is -2.38. The van der Waals surface area contributed by atoms with Crippen LogP contribution in [0.3, 0.4) is 0 Å². The Labute approximate surface area is 138 Å². The number of carboxylic acids is 1. The number of H-pyrrole nitrogens is 1. The first-order chi connectivity index (χ1) is 11.6. The molecule has 3 aromatic rings. The monoisotopic (exact) mass is 322 g/mol. The Morgan fingerprint density at radius 2 is 2.12 bits per heavy atom. The number of fused-ring (bicyclic) bond motifs is 3. The van der Waals surface area contributed by atoms with Gasteiger partial charge in [-0.05, 0) is 24.8 Å². The van der Waals surface area contributed by atoms with Gasteiger partial charge in [0.2, 0.25) is 0 Å². The molecule has 6 rings (SSSR count). The van der Waals surface area contributed by atoms with E-state index in [-0.39, 0.29) is 5.69 Å². The molecule has 122 valence electrons. The molecule has 6 nitrogen and oxygen atoms in total. The van der Waals surface area contributed by atoms with Crippen LogP contribution in [0.5, 0.6) is 0 Å². The molecule has 2 bridgehead atoms. The predicted molar refractivity (Wildman–Crippen MR) is 91.6 cm³/mol. The number of benzene rings is 1. The number of carboxylic acid groups (broad SMARTS) is 1. The van der Waals surface area contributed by atoms with Crippen molar-refractivity contribution in [2.45, 2.75) is 18.8 Å². The molecule has 3 aliphatic heterocycles. The molecular weight excluding hydrogens is 304 g/mol. The molecule has 2 N–H and O–H groups in total. The molecular formula is C18H18N4O2. The molecule has 6 heteroatoms. The topological polar surface area (TPSA) is 74.1 Å². The first kappa shape index (κ1) is 13.7. The lowest BCUT2D eigenvalue weighted by molar-refractivity contribution is 0.0689. The quantitative estimate of drug-likeness (QED) is 0.761. The highest BCUT2D eigenvalue weighted by atomic mass is 16.4. The van der Waals surface area contributed by atoms with Crippen LogP contribution in [0.2, 0.25) is 0 Å². The van der Waals surface area contributed by atoms with E-state index in [9.17, 15) is 9.90 Å². The van der Waals surface area contributed by atoms with Gasteiger partial charge >= 0.3 is 5.97 Å². The van der Waals surface area contributed by atoms with E-state index >= 15 is 0 Å². The summed E-state index contributed by atoms with van der Waals surface area (Å²) < 4.78 is 1.65. The van der Waals surface area contributed by atoms with Gasteiger partial charge in [0.25, 0.3) is 0 Å². The van der Waals surface area contributed by atoms with E-state index in [4.69, 9.17) is 0 Å². The number of aryl methyl sites for hydroxylation is 1. The van der Waals surface area contributed by atoms with Gasteiger partial charge in [-0.2, -0.15) is 5.10 Å². The molecule has 3 aliphatic rings. The number of para-hydroxylation sites is 1. The maximum atomic E-state index is 11.2. The van der Waals surface area contributed by atoms with Crippen molar-refractivity contribution in [2.75, 3.05) is 18.0 Å². The number of hydrogen-bond acceptors (Lipinski definition) is 3. The molecule has 0 atom stereocenters. The van der Waals surface area contributed by atoms with Gasteiger partial charge in [0, 0.05) is 36.7 Å². The second-order valence-corrected chi connectivity index (χ2v) is 6.72. The van der Waals surface area contributed by atoms with Gasteiger partial charge in [-0.15, -0.1) is 0 Å². The summed E-state index contributed by atoms with van der Waals surface area (Å²) in [6.07, 6.45) is 2.44. The van der Waals surface area contributed by atoms with Crippen LogP contribution in [0, 0.1) is 0 Å². The van der Waals surface area contributed by atoms with E-state index in [1.807, 2.05) is 6.07 Å². The average Bonchev–Trinajstić information content (AvgIpc) is 3.18. The number of piperidine rings is 1. The summed E-state index contributed by atoms with van der Waals surface area (Å²) in [7, 11) is 1.79. The zero-order valence-corrected chi connectivity index (χ0v) is 13.4. The zero-order chi connectivity index (χ0) is 16.4. The lowest BCUT2D eigenvalue weighted by atomic mass is 9.84. The van der Waals surface area contributed by atoms with Crippen LogP contribution in [0.15, 0.2) is 24.3 Å². The van der Waals surface area contributed by atoms with E-state index in [1.54, 1.807) is 17.8 Å². The van der Waals surface area contributed by atoms with Gasteiger partial charge in [0.15, 0.2) is 5.69 Å². The standard InChI is InChI=1S/C18H18N4O2/c1-21-14(9-13(20-21)18(23)24)11-3-2-4-12-15-10-5-7-22(8-6-10)17(15)19-16(11)12/h2-4,9-10,19H,5-8H2,1H3,(H,23,24). The minimum atomic E-state index is -1.00. The summed E-state index contributed by atoms with van der Waals surface area (Å²) in [5, 5.41) is 14.6. The molecule has 0 amide bonds. The van der Waals surface area contributed by atoms with Crippen LogP contribution in [0.4, 0.5) is 5.82 Å². The van der Waals surface area contributed by atoms with Gasteiger partial charge in [-0.1, -0.05) is 18.2 Å². The van der Waals surface area contributed by atoms with Crippen molar-refractivity contribution in [3.05, 3.63) is 35.5 Å². The third kappa shape index (κ3) is 1.71. The summed E-state index contributed by atoms with van der Waals surface area (Å²) in [5.74, 6) is 0.884. The van der Waals surface area contributed by atoms with Crippen LogP contribution in [0.1, 0.15) is 34.8 Å². The highest BCUT2D eigenvalue weighted by Gasteiger charge is 2.34. The normalized spacial score (nSPS) is 16.8. The van der Waals surface area contributed by atoms with E-state index in [1.165, 1.54) is 29.6 Å². The van der Waals surface area contributed by atoms with Crippen LogP contribution in [0.25, 0.3) is 22.2 Å². The smallest absolute Gasteiger partial charge is 0.356 e. The van der Waals surface area contributed by atoms with Crippen molar-refractivity contribution in [3.63, 3.8) is 0 Å². The van der Waals surface area contributed by atoms with E-state index in [2.05, 4.69) is 27.1 Å². The third-order valence-corrected chi connectivity index (χ3v) is 5.45. The molecule has 0 spiro atoms. The Hall–Kier alpha value is -2.76. The molecule has 2 aromatic heterocycles. The van der Waals surface area contributed by atoms with E-state index in [0.29, 0.717) is 5.92 Å². The van der Waals surface area contributed by atoms with Crippen LogP contribution < -0.4 is 4.90 Å². The highest BCUT2D eigenvalue weighted by molar-refractivity contribution is 6.00. The fourth-order valence-electron chi connectivity index (χ4n) is 4.32. The maximum Gasteiger partial charge on any atom is 0.356 e. The number of hydrogen-bond donors (Lipinski definition) is 2. The second kappa shape index (κ2) is 4.63. The number of aromatic carboxylic acids is 1. The summed E-state index contributed by atoms with van der Waals surface area (Å²) in [6.45, 7) is 2.24. The second-order valence-electron chi connectivity index (χ2n) is 6.72. The van der Waals surface area contributed by atoms with Crippen molar-refractivity contribution in [2.24, 2.45) is 7.05 Å². The van der Waals surface area contributed by atoms with Gasteiger partial charge in [-0.3, -0.25) is 4.68 Å². The SMILES string of the molecule is Cn1nc(C(=O)O)cc1-c1cccc2c3c([nH]c12)N1CCC3CC1. The molecule has 0 unspecified atom stereocenters. The van der Waals surface area contributed by atoms with Crippen LogP contribution in [-0.4, -0.2) is 38.9 Å². The van der Waals surface area contributed by atoms with Crippen molar-refractivity contribution in [1.82, 2.24) is 14.8 Å². The first-order valence-corrected chi connectivity index (χ1v) is 8.30. The third-order valence-electron chi connectivity index (χ3n) is 5.45. The average molecular weight is 322 g/mol. The number of anilines is 1. The molecule has 0 saturated carbocycles. The fraction of sp³-hybridized carbons (Fsp3) is 0.333. The highest BCUT2D eigenvalue weighted by Crippen LogP contribution is 2.47. The van der Waals surface area contributed by atoms with Crippen LogP contribution >= 0.6 is 0 Å². The number of nitrogens with one attached hydrogen (secondary N) is 1. The maximum absolute atomic E-state index is 11.2. The fourth-order valence-corrected chi connectivity index (χ4v) is 4.32. The Morgan fingerprint density at radius 3 is 2.83 bits per heavy atom. The van der Waals surface area contributed by atoms with Crippen LogP contribution in [-0.2, 0) is 7.05 Å². The number of rotatable bonds is 2. The van der Waals surface area contributed by atoms with Crippen molar-refractivity contribution in [3.8, 4) is 11.3 Å². The molecule has 5 heterocycles. The molecule has 0 radical (unpaired) electrons. The molecule has 24 heavy (non-hydrogen) atoms. The van der Waals surface area contributed by atoms with Gasteiger partial charge < -0.3 is 15.0 Å². The molecule has 1 aromatic carbocycles. The Kier molecular flexibility index (Phi) is 2.63.